The first-order valence-electron chi connectivity index (χ1n) is 40.0. The van der Waals surface area contributed by atoms with Gasteiger partial charge in [-0.25, -0.2) is 0 Å². The molecule has 19 rings (SSSR count). The maximum atomic E-state index is 13.2. The Morgan fingerprint density at radius 1 is 0.309 bits per heavy atom. The van der Waals surface area contributed by atoms with Gasteiger partial charge in [-0.05, 0) is 132 Å². The molecular formula is C107H85F4Ir3N9-6. The Balaban J connectivity index is 0.000000147. The first-order chi connectivity index (χ1) is 58.9. The maximum Gasteiger partial charge on any atom is 0.0571 e. The minimum atomic E-state index is -0.649. The molecule has 0 aliphatic heterocycles. The number of rotatable bonds is 17. The zero-order valence-electron chi connectivity index (χ0n) is 68.0. The third-order valence-corrected chi connectivity index (χ3v) is 20.6. The molecule has 6 heterocycles. The summed E-state index contributed by atoms with van der Waals surface area (Å²) >= 11 is 0. The molecule has 0 N–H and O–H groups in total. The molecule has 9 nitrogen and oxygen atoms in total. The van der Waals surface area contributed by atoms with Crippen molar-refractivity contribution in [3.63, 3.8) is 0 Å². The number of aromatic nitrogens is 9. The van der Waals surface area contributed by atoms with Crippen LogP contribution < -0.4 is 0 Å². The van der Waals surface area contributed by atoms with E-state index in [1.54, 1.807) is 36.8 Å². The molecule has 1 aliphatic carbocycles. The zero-order valence-corrected chi connectivity index (χ0v) is 75.2. The van der Waals surface area contributed by atoms with Crippen LogP contribution in [-0.2, 0) is 65.7 Å². The van der Waals surface area contributed by atoms with Crippen molar-refractivity contribution in [1.82, 2.24) is 44.3 Å². The molecule has 16 heteroatoms. The molecule has 0 spiro atoms. The fourth-order valence-corrected chi connectivity index (χ4v) is 14.5. The molecular weight excluding hydrogens is 2060 g/mol. The van der Waals surface area contributed by atoms with E-state index in [0.717, 1.165) is 90.7 Å². The molecule has 0 bridgehead atoms. The van der Waals surface area contributed by atoms with Crippen LogP contribution in [0.15, 0.2) is 371 Å². The van der Waals surface area contributed by atoms with Crippen molar-refractivity contribution < 1.29 is 77.9 Å². The fraction of sp³-hybridized carbons (Fsp3) is 0.103. The molecule has 6 aromatic heterocycles. The van der Waals surface area contributed by atoms with Crippen molar-refractivity contribution in [1.29, 1.82) is 0 Å². The SMILES string of the molecule is CCCCC1(CCCC)c2ccccc2-c2ccc(-c3cnn(-c4[c-]cccc4)c3)cc21.Cc1cc(F)c[c-]c1-c1ccccn1.Cc1cc(F)c[c-]c1-c1ccccn1.Fc1c[c-]c(-c2ccccn2)c(F)c1.[Ir].[Ir].[Ir].[c-]1ccccc1-n1cc(-c2ccc(-c3ccccc3)cc2)cn1.[c-]1ccccc1-n1cc(-c2ccc(-c3ccccc3)cc2)cn1. The Morgan fingerprint density at radius 2 is 0.642 bits per heavy atom. The van der Waals surface area contributed by atoms with Crippen LogP contribution in [0, 0.1) is 73.5 Å². The fourth-order valence-electron chi connectivity index (χ4n) is 14.5. The summed E-state index contributed by atoms with van der Waals surface area (Å²) in [5, 5.41) is 13.5. The number of benzene rings is 12. The van der Waals surface area contributed by atoms with E-state index in [-0.39, 0.29) is 82.9 Å². The summed E-state index contributed by atoms with van der Waals surface area (Å²) in [5.74, 6) is -1.81. The average Bonchev–Trinajstić information content (AvgIpc) is 1.56. The Kier molecular flexibility index (Phi) is 33.6. The van der Waals surface area contributed by atoms with E-state index in [9.17, 15) is 17.6 Å². The number of hydrogen-bond donors (Lipinski definition) is 0. The standard InChI is InChI=1S/C30H31N2.2C21H15N2.2C12H9FN.C11H6F2N.3Ir/c1-3-5-18-30(19-6-4-2)28-15-11-10-14-26(28)27-17-16-23(20-29(27)30)24-21-31-32(22-24)25-12-8-7-9-13-25;2*1-3-7-17(8-4-1)18-11-13-19(14-12-18)20-15-22-23(16-20)21-9-5-2-6-10-21;2*1-9-8-10(13)5-6-11(9)12-4-2-3-7-14-12;12-8-4-5-9(10(13)7-8)11-3-1-2-6-14-11;;;/h7-12,14-17,20-22H,3-6,18-19H2,1-2H3;2*1-9,11-16H;2*2-5,7-8H,1H3;1-4,6-7H;;;/q6*-1;;;. The Morgan fingerprint density at radius 3 is 1.02 bits per heavy atom. The predicted octanol–water partition coefficient (Wildman–Crippen LogP) is 26.8. The van der Waals surface area contributed by atoms with Crippen LogP contribution in [0.4, 0.5) is 17.6 Å². The smallest absolute Gasteiger partial charge is 0.0571 e. The monoisotopic (exact) mass is 2150 g/mol. The van der Waals surface area contributed by atoms with Crippen molar-refractivity contribution in [3.05, 3.63) is 453 Å². The molecule has 18 aromatic rings. The van der Waals surface area contributed by atoms with Crippen LogP contribution in [0.2, 0.25) is 0 Å². The van der Waals surface area contributed by atoms with Crippen LogP contribution in [0.1, 0.15) is 74.6 Å². The number of hydrogen-bond acceptors (Lipinski definition) is 6. The number of para-hydroxylation sites is 3. The molecule has 0 amide bonds. The minimum absolute atomic E-state index is 0. The van der Waals surface area contributed by atoms with Gasteiger partial charge in [0.15, 0.2) is 0 Å². The summed E-state index contributed by atoms with van der Waals surface area (Å²) in [5.41, 5.74) is 26.4. The van der Waals surface area contributed by atoms with Gasteiger partial charge < -0.3 is 15.0 Å². The van der Waals surface area contributed by atoms with Gasteiger partial charge in [0.25, 0.3) is 0 Å². The number of nitrogens with zero attached hydrogens (tertiary/aromatic N) is 9. The molecule has 0 atom stereocenters. The van der Waals surface area contributed by atoms with E-state index < -0.39 is 11.6 Å². The normalized spacial score (nSPS) is 11.0. The second-order valence-corrected chi connectivity index (χ2v) is 28.7. The van der Waals surface area contributed by atoms with Gasteiger partial charge in [0, 0.05) is 143 Å². The average molecular weight is 2150 g/mol. The third-order valence-electron chi connectivity index (χ3n) is 20.6. The van der Waals surface area contributed by atoms with Gasteiger partial charge in [0.1, 0.15) is 0 Å². The Bertz CT molecular complexity index is 5880. The minimum Gasteiger partial charge on any atom is -0.305 e. The Labute approximate surface area is 758 Å². The molecule has 123 heavy (non-hydrogen) atoms. The molecule has 0 saturated carbocycles. The predicted molar refractivity (Wildman–Crippen MR) is 474 cm³/mol. The number of pyridine rings is 3. The largest absolute Gasteiger partial charge is 0.305 e. The van der Waals surface area contributed by atoms with E-state index in [2.05, 4.69) is 226 Å². The van der Waals surface area contributed by atoms with E-state index in [1.165, 1.54) is 113 Å². The summed E-state index contributed by atoms with van der Waals surface area (Å²) < 4.78 is 57.0. The van der Waals surface area contributed by atoms with Crippen LogP contribution in [0.5, 0.6) is 0 Å². The van der Waals surface area contributed by atoms with Gasteiger partial charge in [0.05, 0.1) is 18.6 Å². The summed E-state index contributed by atoms with van der Waals surface area (Å²) in [6.07, 6.45) is 24.3. The molecule has 619 valence electrons. The number of aryl methyl sites for hydroxylation is 2. The first kappa shape index (κ1) is 91.1. The van der Waals surface area contributed by atoms with Gasteiger partial charge in [-0.15, -0.1) is 89.0 Å². The second kappa shape index (κ2) is 45.3. The second-order valence-electron chi connectivity index (χ2n) is 28.7. The molecule has 0 saturated heterocycles. The molecule has 12 aromatic carbocycles. The summed E-state index contributed by atoms with van der Waals surface area (Å²) in [6, 6.07) is 120. The van der Waals surface area contributed by atoms with Gasteiger partial charge in [-0.1, -0.05) is 247 Å². The van der Waals surface area contributed by atoms with E-state index >= 15 is 0 Å². The molecule has 3 radical (unpaired) electrons. The first-order valence-corrected chi connectivity index (χ1v) is 40.0. The van der Waals surface area contributed by atoms with Gasteiger partial charge >= 0.3 is 0 Å². The topological polar surface area (TPSA) is 92.1 Å². The van der Waals surface area contributed by atoms with Gasteiger partial charge in [-0.3, -0.25) is 31.6 Å². The van der Waals surface area contributed by atoms with Crippen molar-refractivity contribution in [2.75, 3.05) is 0 Å². The molecule has 1 aliphatic rings. The number of unbranched alkanes of at least 4 members (excludes halogenated alkanes) is 2. The summed E-state index contributed by atoms with van der Waals surface area (Å²) in [4.78, 5) is 12.3. The third kappa shape index (κ3) is 23.6. The van der Waals surface area contributed by atoms with E-state index in [0.29, 0.717) is 5.69 Å². The van der Waals surface area contributed by atoms with Crippen LogP contribution in [0.25, 0.3) is 118 Å². The summed E-state index contributed by atoms with van der Waals surface area (Å²) in [6.45, 7) is 8.31. The molecule has 0 fully saturated rings. The van der Waals surface area contributed by atoms with Crippen molar-refractivity contribution in [2.45, 2.75) is 71.6 Å². The van der Waals surface area contributed by atoms with Crippen LogP contribution in [-0.4, -0.2) is 44.3 Å². The van der Waals surface area contributed by atoms with Gasteiger partial charge in [-0.2, -0.15) is 88.1 Å². The number of fused-ring (bicyclic) bond motifs is 3. The number of halogens is 4. The van der Waals surface area contributed by atoms with Crippen molar-refractivity contribution >= 4 is 0 Å². The Hall–Kier alpha value is -12.6. The van der Waals surface area contributed by atoms with Crippen LogP contribution in [0.3, 0.4) is 0 Å². The van der Waals surface area contributed by atoms with Crippen LogP contribution >= 0.6 is 0 Å². The maximum absolute atomic E-state index is 13.2. The molecule has 0 unspecified atom stereocenters. The van der Waals surface area contributed by atoms with E-state index in [4.69, 9.17) is 0 Å². The van der Waals surface area contributed by atoms with Crippen molar-refractivity contribution in [2.24, 2.45) is 0 Å². The van der Waals surface area contributed by atoms with Crippen molar-refractivity contribution in [3.8, 4) is 118 Å². The zero-order chi connectivity index (χ0) is 82.8. The quantitative estimate of drug-likeness (QED) is 0.0666. The van der Waals surface area contributed by atoms with E-state index in [1.807, 2.05) is 180 Å². The van der Waals surface area contributed by atoms with Gasteiger partial charge in [0.2, 0.25) is 0 Å². The summed E-state index contributed by atoms with van der Waals surface area (Å²) in [7, 11) is 0.